The third-order valence-corrected chi connectivity index (χ3v) is 4.75. The molecule has 2 rings (SSSR count). The molecule has 0 saturated carbocycles. The van der Waals surface area contributed by atoms with Crippen LogP contribution < -0.4 is 16.4 Å². The van der Waals surface area contributed by atoms with Crippen molar-refractivity contribution in [2.45, 2.75) is 32.9 Å². The second-order valence-electron chi connectivity index (χ2n) is 6.18. The van der Waals surface area contributed by atoms with Gasteiger partial charge < -0.3 is 16.4 Å². The first-order valence-corrected chi connectivity index (χ1v) is 9.29. The number of halogens is 1. The van der Waals surface area contributed by atoms with Crippen LogP contribution in [0.3, 0.4) is 0 Å². The zero-order valence-corrected chi connectivity index (χ0v) is 15.8. The van der Waals surface area contributed by atoms with Gasteiger partial charge in [0.1, 0.15) is 0 Å². The van der Waals surface area contributed by atoms with Crippen LogP contribution in [0.2, 0.25) is 5.02 Å². The van der Waals surface area contributed by atoms with Gasteiger partial charge in [0.25, 0.3) is 5.91 Å². The Hall–Kier alpha value is -1.89. The lowest BCUT2D eigenvalue weighted by molar-refractivity contribution is -0.117. The molecule has 1 atom stereocenters. The van der Waals surface area contributed by atoms with Crippen LogP contribution in [0.4, 0.5) is 5.69 Å². The van der Waals surface area contributed by atoms with Gasteiger partial charge in [0, 0.05) is 10.6 Å². The van der Waals surface area contributed by atoms with Gasteiger partial charge in [-0.2, -0.15) is 0 Å². The molecule has 1 heterocycles. The van der Waals surface area contributed by atoms with E-state index in [1.54, 1.807) is 29.5 Å². The number of hydrogen-bond acceptors (Lipinski definition) is 4. The molecular weight excluding hydrogens is 358 g/mol. The number of rotatable bonds is 7. The van der Waals surface area contributed by atoms with Crippen LogP contribution in [0.15, 0.2) is 35.7 Å². The number of benzene rings is 1. The molecule has 4 N–H and O–H groups in total. The molecule has 1 aromatic heterocycles. The number of thiophene rings is 1. The van der Waals surface area contributed by atoms with E-state index in [9.17, 15) is 9.59 Å². The van der Waals surface area contributed by atoms with Gasteiger partial charge >= 0.3 is 0 Å². The molecule has 0 unspecified atom stereocenters. The van der Waals surface area contributed by atoms with Crippen molar-refractivity contribution in [1.82, 2.24) is 5.32 Å². The molecule has 2 amide bonds. The maximum absolute atomic E-state index is 12.3. The maximum atomic E-state index is 12.3. The lowest BCUT2D eigenvalue weighted by atomic mass is 10.0. The number of nitrogens with one attached hydrogen (secondary N) is 2. The minimum Gasteiger partial charge on any atom is -0.347 e. The van der Waals surface area contributed by atoms with Crippen molar-refractivity contribution in [2.24, 2.45) is 11.7 Å². The van der Waals surface area contributed by atoms with E-state index in [2.05, 4.69) is 10.6 Å². The summed E-state index contributed by atoms with van der Waals surface area (Å²) in [6, 6.07) is 8.08. The lowest BCUT2D eigenvalue weighted by Gasteiger charge is -2.15. The first kappa shape index (κ1) is 19.4. The van der Waals surface area contributed by atoms with Crippen molar-refractivity contribution < 1.29 is 9.59 Å². The summed E-state index contributed by atoms with van der Waals surface area (Å²) in [6.45, 7) is 4.44. The summed E-state index contributed by atoms with van der Waals surface area (Å²) in [4.78, 5) is 25.5. The second-order valence-corrected chi connectivity index (χ2v) is 7.62. The zero-order valence-electron chi connectivity index (χ0n) is 14.2. The van der Waals surface area contributed by atoms with Gasteiger partial charge in [-0.05, 0) is 42.0 Å². The normalized spacial score (nSPS) is 12.0. The molecule has 0 fully saturated rings. The van der Waals surface area contributed by atoms with Crippen molar-refractivity contribution in [2.75, 3.05) is 5.32 Å². The number of nitrogens with two attached hydrogens (primary N) is 1. The van der Waals surface area contributed by atoms with Gasteiger partial charge in [0.2, 0.25) is 5.91 Å². The molecule has 0 bridgehead atoms. The molecular formula is C18H22ClN3O2S. The summed E-state index contributed by atoms with van der Waals surface area (Å²) < 4.78 is 0. The van der Waals surface area contributed by atoms with Crippen molar-refractivity contribution in [3.63, 3.8) is 0 Å². The number of amides is 2. The van der Waals surface area contributed by atoms with E-state index < -0.39 is 6.04 Å². The molecule has 7 heteroatoms. The summed E-state index contributed by atoms with van der Waals surface area (Å²) in [7, 11) is 0. The van der Waals surface area contributed by atoms with E-state index in [1.165, 1.54) is 0 Å². The number of anilines is 1. The predicted octanol–water partition coefficient (Wildman–Crippen LogP) is 3.64. The highest BCUT2D eigenvalue weighted by atomic mass is 35.5. The molecule has 0 aliphatic carbocycles. The monoisotopic (exact) mass is 379 g/mol. The van der Waals surface area contributed by atoms with E-state index in [4.69, 9.17) is 17.3 Å². The van der Waals surface area contributed by atoms with E-state index in [1.807, 2.05) is 31.4 Å². The van der Waals surface area contributed by atoms with Crippen molar-refractivity contribution in [1.29, 1.82) is 0 Å². The Morgan fingerprint density at radius 1 is 1.28 bits per heavy atom. The topological polar surface area (TPSA) is 84.2 Å². The van der Waals surface area contributed by atoms with Gasteiger partial charge in [-0.15, -0.1) is 11.3 Å². The first-order chi connectivity index (χ1) is 11.9. The predicted molar refractivity (Wildman–Crippen MR) is 103 cm³/mol. The Kier molecular flexibility index (Phi) is 6.99. The third kappa shape index (κ3) is 5.85. The molecule has 0 spiro atoms. The van der Waals surface area contributed by atoms with Crippen LogP contribution >= 0.6 is 22.9 Å². The number of hydrogen-bond donors (Lipinski definition) is 3. The molecule has 0 aliphatic rings. The molecule has 5 nitrogen and oxygen atoms in total. The molecule has 2 aromatic rings. The molecule has 25 heavy (non-hydrogen) atoms. The van der Waals surface area contributed by atoms with Crippen LogP contribution in [0.5, 0.6) is 0 Å². The summed E-state index contributed by atoms with van der Waals surface area (Å²) >= 11 is 7.69. The Balaban J connectivity index is 2.03. The van der Waals surface area contributed by atoms with E-state index in [0.717, 1.165) is 4.88 Å². The molecule has 1 aromatic carbocycles. The average molecular weight is 380 g/mol. The van der Waals surface area contributed by atoms with Crippen LogP contribution in [-0.4, -0.2) is 17.9 Å². The summed E-state index contributed by atoms with van der Waals surface area (Å²) in [6.07, 6.45) is 0.591. The molecule has 0 saturated heterocycles. The smallest absolute Gasteiger partial charge is 0.253 e. The molecule has 0 radical (unpaired) electrons. The maximum Gasteiger partial charge on any atom is 0.253 e. The SMILES string of the molecule is CC(C)C[C@H](N)C(=O)Nc1ccc(Cl)c(C(=O)NCc2cccs2)c1. The highest BCUT2D eigenvalue weighted by molar-refractivity contribution is 7.09. The summed E-state index contributed by atoms with van der Waals surface area (Å²) in [5, 5.41) is 7.84. The van der Waals surface area contributed by atoms with Crippen molar-refractivity contribution >= 4 is 40.4 Å². The van der Waals surface area contributed by atoms with E-state index >= 15 is 0 Å². The first-order valence-electron chi connectivity index (χ1n) is 8.03. The van der Waals surface area contributed by atoms with Gasteiger partial charge in [-0.3, -0.25) is 9.59 Å². The molecule has 0 aliphatic heterocycles. The van der Waals surface area contributed by atoms with E-state index in [0.29, 0.717) is 35.2 Å². The van der Waals surface area contributed by atoms with Gasteiger partial charge in [-0.25, -0.2) is 0 Å². The standard InChI is InChI=1S/C18H22ClN3O2S/c1-11(2)8-16(20)18(24)22-12-5-6-15(19)14(9-12)17(23)21-10-13-4-3-7-25-13/h3-7,9,11,16H,8,10,20H2,1-2H3,(H,21,23)(H,22,24)/t16-/m0/s1. The van der Waals surface area contributed by atoms with Crippen LogP contribution in [0.1, 0.15) is 35.5 Å². The Bertz CT molecular complexity index is 732. The Labute approximate surface area is 156 Å². The largest absolute Gasteiger partial charge is 0.347 e. The lowest BCUT2D eigenvalue weighted by Crippen LogP contribution is -2.36. The van der Waals surface area contributed by atoms with Crippen LogP contribution in [0.25, 0.3) is 0 Å². The highest BCUT2D eigenvalue weighted by Gasteiger charge is 2.17. The van der Waals surface area contributed by atoms with Crippen molar-refractivity contribution in [3.8, 4) is 0 Å². The number of carbonyl (C=O) groups is 2. The van der Waals surface area contributed by atoms with Crippen molar-refractivity contribution in [3.05, 3.63) is 51.2 Å². The average Bonchev–Trinajstić information content (AvgIpc) is 3.07. The van der Waals surface area contributed by atoms with E-state index in [-0.39, 0.29) is 11.8 Å². The van der Waals surface area contributed by atoms with Gasteiger partial charge in [-0.1, -0.05) is 31.5 Å². The summed E-state index contributed by atoms with van der Waals surface area (Å²) in [5.74, 6) is -0.244. The quantitative estimate of drug-likeness (QED) is 0.686. The fourth-order valence-electron chi connectivity index (χ4n) is 2.30. The van der Waals surface area contributed by atoms with Crippen LogP contribution in [-0.2, 0) is 11.3 Å². The third-order valence-electron chi connectivity index (χ3n) is 3.54. The fourth-order valence-corrected chi connectivity index (χ4v) is 3.15. The summed E-state index contributed by atoms with van der Waals surface area (Å²) in [5.41, 5.74) is 6.69. The minimum atomic E-state index is -0.591. The Morgan fingerprint density at radius 2 is 2.04 bits per heavy atom. The highest BCUT2D eigenvalue weighted by Crippen LogP contribution is 2.21. The fraction of sp³-hybridized carbons (Fsp3) is 0.333. The minimum absolute atomic E-state index is 0.277. The molecule has 134 valence electrons. The van der Waals surface area contributed by atoms with Gasteiger partial charge in [0.15, 0.2) is 0 Å². The second kappa shape index (κ2) is 8.99. The van der Waals surface area contributed by atoms with Crippen LogP contribution in [0, 0.1) is 5.92 Å². The Morgan fingerprint density at radius 3 is 2.68 bits per heavy atom. The van der Waals surface area contributed by atoms with Gasteiger partial charge in [0.05, 0.1) is 23.2 Å². The zero-order chi connectivity index (χ0) is 18.4. The number of carbonyl (C=O) groups excluding carboxylic acids is 2.